The van der Waals surface area contributed by atoms with Crippen molar-refractivity contribution in [2.45, 2.75) is 58.2 Å². The molecule has 0 fully saturated rings. The molecule has 0 bridgehead atoms. The normalized spacial score (nSPS) is 13.0. The summed E-state index contributed by atoms with van der Waals surface area (Å²) < 4.78 is 85.4. The number of alkyl halides is 6. The molecule has 0 radical (unpaired) electrons. The van der Waals surface area contributed by atoms with E-state index in [1.54, 1.807) is 47.3 Å². The number of esters is 1. The number of benzene rings is 2. The summed E-state index contributed by atoms with van der Waals surface area (Å²) in [5, 5.41) is 2.63. The molecule has 20 heteroatoms. The van der Waals surface area contributed by atoms with Gasteiger partial charge >= 0.3 is 18.3 Å². The highest BCUT2D eigenvalue weighted by Gasteiger charge is 2.41. The van der Waals surface area contributed by atoms with Crippen LogP contribution in [0.15, 0.2) is 49.1 Å². The Morgan fingerprint density at radius 2 is 1.46 bits per heavy atom. The SMILES string of the molecule is CC(=O)c1cnc([Si](C)(C)C(C)(C)C)n1C.COC(=O)c1cc(-c2cncn2C)nc2cc(C(F)(F)F)c(I)cc12.O=C1Nc2cc(C(F)(F)F)c(I)cc2C1=O. The molecule has 6 rings (SSSR count). The number of rotatable bonds is 4. The summed E-state index contributed by atoms with van der Waals surface area (Å²) in [5.74, 6) is -2.27. The molecule has 1 amide bonds. The number of hydrogen-bond acceptors (Lipinski definition) is 8. The maximum absolute atomic E-state index is 13.2. The van der Waals surface area contributed by atoms with Crippen molar-refractivity contribution in [2.24, 2.45) is 14.1 Å². The molecular formula is C37H36F6I2N6O5Si. The number of aromatic nitrogens is 5. The van der Waals surface area contributed by atoms with Crippen molar-refractivity contribution in [2.75, 3.05) is 12.4 Å². The average Bonchev–Trinajstić information content (AvgIpc) is 3.78. The molecule has 304 valence electrons. The van der Waals surface area contributed by atoms with E-state index in [1.807, 2.05) is 11.6 Å². The smallest absolute Gasteiger partial charge is 0.417 e. The zero-order chi connectivity index (χ0) is 43.2. The number of nitrogens with zero attached hydrogens (tertiary/aromatic N) is 5. The number of pyridine rings is 1. The molecule has 1 N–H and O–H groups in total. The lowest BCUT2D eigenvalue weighted by atomic mass is 10.0. The Morgan fingerprint density at radius 3 is 1.95 bits per heavy atom. The Labute approximate surface area is 351 Å². The van der Waals surface area contributed by atoms with Gasteiger partial charge in [0.2, 0.25) is 0 Å². The molecule has 1 aliphatic rings. The summed E-state index contributed by atoms with van der Waals surface area (Å²) in [7, 11) is 3.23. The number of carbonyl (C=O) groups excluding carboxylic acids is 4. The summed E-state index contributed by atoms with van der Waals surface area (Å²) in [6, 6.07) is 5.59. The molecule has 0 unspecified atom stereocenters. The Kier molecular flexibility index (Phi) is 13.2. The van der Waals surface area contributed by atoms with E-state index >= 15 is 0 Å². The van der Waals surface area contributed by atoms with Crippen molar-refractivity contribution in [1.29, 1.82) is 0 Å². The first kappa shape index (κ1) is 45.5. The lowest BCUT2D eigenvalue weighted by Crippen LogP contribution is -2.53. The highest BCUT2D eigenvalue weighted by Crippen LogP contribution is 2.39. The minimum Gasteiger partial charge on any atom is -0.465 e. The molecule has 1 aliphatic heterocycles. The van der Waals surface area contributed by atoms with E-state index < -0.39 is 49.2 Å². The third kappa shape index (κ3) is 9.58. The lowest BCUT2D eigenvalue weighted by Gasteiger charge is -2.35. The molecule has 0 aliphatic carbocycles. The lowest BCUT2D eigenvalue weighted by molar-refractivity contribution is -0.139. The maximum Gasteiger partial charge on any atom is 0.417 e. The molecule has 3 aromatic heterocycles. The van der Waals surface area contributed by atoms with E-state index in [0.717, 1.165) is 23.6 Å². The van der Waals surface area contributed by atoms with Gasteiger partial charge in [0, 0.05) is 33.5 Å². The van der Waals surface area contributed by atoms with E-state index in [2.05, 4.69) is 54.1 Å². The third-order valence-electron chi connectivity index (χ3n) is 9.58. The van der Waals surface area contributed by atoms with Crippen LogP contribution in [0.25, 0.3) is 22.3 Å². The van der Waals surface area contributed by atoms with Gasteiger partial charge in [0.05, 0.1) is 76.1 Å². The van der Waals surface area contributed by atoms with Gasteiger partial charge < -0.3 is 19.2 Å². The minimum absolute atomic E-state index is 0.0117. The van der Waals surface area contributed by atoms with Crippen molar-refractivity contribution < 1.29 is 50.3 Å². The first-order valence-electron chi connectivity index (χ1n) is 16.7. The van der Waals surface area contributed by atoms with Gasteiger partial charge in [0.1, 0.15) is 13.8 Å². The summed E-state index contributed by atoms with van der Waals surface area (Å²) in [6.07, 6.45) is -4.25. The number of methoxy groups -OCH3 is 1. The van der Waals surface area contributed by atoms with Crippen molar-refractivity contribution in [3.8, 4) is 11.4 Å². The third-order valence-corrected chi connectivity index (χ3v) is 16.7. The van der Waals surface area contributed by atoms with Crippen molar-refractivity contribution in [3.05, 3.63) is 84.1 Å². The van der Waals surface area contributed by atoms with Gasteiger partial charge in [0.25, 0.3) is 11.7 Å². The first-order chi connectivity index (χ1) is 26.1. The molecule has 5 aromatic rings. The zero-order valence-corrected chi connectivity index (χ0v) is 37.2. The number of Topliss-reactive ketones (excluding diaryl/α,β-unsaturated/α-hetero) is 2. The van der Waals surface area contributed by atoms with Crippen LogP contribution in [0.3, 0.4) is 0 Å². The second kappa shape index (κ2) is 16.6. The van der Waals surface area contributed by atoms with Crippen molar-refractivity contribution in [3.63, 3.8) is 0 Å². The Bertz CT molecular complexity index is 2420. The van der Waals surface area contributed by atoms with Gasteiger partial charge in [-0.15, -0.1) is 0 Å². The number of aryl methyl sites for hydroxylation is 1. The number of imidazole rings is 2. The summed E-state index contributed by atoms with van der Waals surface area (Å²) in [4.78, 5) is 58.5. The molecule has 0 atom stereocenters. The number of anilines is 1. The fraction of sp³-hybridized carbons (Fsp3) is 0.324. The van der Waals surface area contributed by atoms with Crippen LogP contribution in [0.4, 0.5) is 32.0 Å². The molecule has 0 saturated carbocycles. The average molecular weight is 1040 g/mol. The predicted molar refractivity (Wildman–Crippen MR) is 220 cm³/mol. The molecule has 57 heavy (non-hydrogen) atoms. The first-order valence-corrected chi connectivity index (χ1v) is 21.8. The van der Waals surface area contributed by atoms with E-state index in [-0.39, 0.29) is 40.3 Å². The van der Waals surface area contributed by atoms with E-state index in [9.17, 15) is 45.5 Å². The highest BCUT2D eigenvalue weighted by molar-refractivity contribution is 14.1. The summed E-state index contributed by atoms with van der Waals surface area (Å²) in [5.41, 5.74) is 1.17. The van der Waals surface area contributed by atoms with Gasteiger partial charge in [-0.3, -0.25) is 14.4 Å². The van der Waals surface area contributed by atoms with Crippen LogP contribution < -0.4 is 10.8 Å². The number of nitrogens with one attached hydrogen (secondary N) is 1. The number of ketones is 2. The van der Waals surface area contributed by atoms with Crippen LogP contribution in [0, 0.1) is 7.14 Å². The topological polar surface area (TPSA) is 138 Å². The fourth-order valence-electron chi connectivity index (χ4n) is 5.51. The monoisotopic (exact) mass is 1040 g/mol. The molecule has 4 heterocycles. The fourth-order valence-corrected chi connectivity index (χ4v) is 9.08. The van der Waals surface area contributed by atoms with Crippen LogP contribution in [-0.2, 0) is 36.0 Å². The van der Waals surface area contributed by atoms with Crippen molar-refractivity contribution >= 4 is 98.7 Å². The maximum atomic E-state index is 13.2. The molecule has 2 aromatic carbocycles. The zero-order valence-electron chi connectivity index (χ0n) is 31.9. The van der Waals surface area contributed by atoms with Gasteiger partial charge in [-0.05, 0) is 80.6 Å². The van der Waals surface area contributed by atoms with Crippen molar-refractivity contribution in [1.82, 2.24) is 24.1 Å². The number of hydrogen-bond donors (Lipinski definition) is 1. The van der Waals surface area contributed by atoms with Crippen LogP contribution in [0.1, 0.15) is 70.0 Å². The molecule has 0 saturated heterocycles. The quantitative estimate of drug-likeness (QED) is 0.0471. The van der Waals surface area contributed by atoms with E-state index in [1.165, 1.54) is 54.4 Å². The number of ether oxygens (including phenoxy) is 1. The predicted octanol–water partition coefficient (Wildman–Crippen LogP) is 8.83. The van der Waals surface area contributed by atoms with Crippen LogP contribution >= 0.6 is 45.2 Å². The second-order valence-electron chi connectivity index (χ2n) is 14.4. The van der Waals surface area contributed by atoms with Gasteiger partial charge in [-0.1, -0.05) is 33.9 Å². The van der Waals surface area contributed by atoms with E-state index in [4.69, 9.17) is 4.74 Å². The van der Waals surface area contributed by atoms with Gasteiger partial charge in [-0.25, -0.2) is 19.7 Å². The van der Waals surface area contributed by atoms with Gasteiger partial charge in [-0.2, -0.15) is 26.3 Å². The molecular weight excluding hydrogens is 1000 g/mol. The number of carbonyl (C=O) groups is 4. The van der Waals surface area contributed by atoms with Crippen LogP contribution in [0.2, 0.25) is 18.1 Å². The standard InChI is InChI=1S/C16H11F3IN3O2.C12H22N2OSi.C9H3F3INO2/c1-23-7-21-6-14(23)13-4-9(15(24)25-2)8-3-11(20)10(16(17,18)19)5-12(8)22-13;1-9(15)10-8-13-11(14(10)5)16(6,7)12(2,3)4;10-9(11,12)4-2-6-3(1-5(4)13)7(15)8(16)14-6/h3-7H,1-2H3;8H,1-7H3;1-2H,(H,14,15,16). The summed E-state index contributed by atoms with van der Waals surface area (Å²) in [6.45, 7) is 13.0. The Morgan fingerprint density at radius 1 is 0.877 bits per heavy atom. The van der Waals surface area contributed by atoms with Crippen LogP contribution in [-0.4, -0.2) is 62.7 Å². The second-order valence-corrected chi connectivity index (χ2v) is 21.9. The highest BCUT2D eigenvalue weighted by atomic mass is 127. The Balaban J connectivity index is 0.000000198. The minimum atomic E-state index is -4.51. The van der Waals surface area contributed by atoms with Crippen LogP contribution in [0.5, 0.6) is 0 Å². The number of halogens is 8. The number of fused-ring (bicyclic) bond motifs is 2. The molecule has 0 spiro atoms. The Hall–Kier alpha value is -4.19. The summed E-state index contributed by atoms with van der Waals surface area (Å²) >= 11 is 3.08. The van der Waals surface area contributed by atoms with Gasteiger partial charge in [0.15, 0.2) is 5.78 Å². The number of amides is 1. The molecule has 11 nitrogen and oxygen atoms in total. The largest absolute Gasteiger partial charge is 0.465 e. The van der Waals surface area contributed by atoms with E-state index in [0.29, 0.717) is 22.5 Å².